The highest BCUT2D eigenvalue weighted by Crippen LogP contribution is 2.30. The first-order valence-corrected chi connectivity index (χ1v) is 10.2. The van der Waals surface area contributed by atoms with Crippen LogP contribution in [-0.4, -0.2) is 78.3 Å². The lowest BCUT2D eigenvalue weighted by atomic mass is 9.94. The van der Waals surface area contributed by atoms with Crippen LogP contribution in [0.1, 0.15) is 25.3 Å². The number of likely N-dealkylation sites (N-methyl/N-ethyl adjacent to an activating group) is 1. The summed E-state index contributed by atoms with van der Waals surface area (Å²) in [7, 11) is 1.49. The minimum atomic E-state index is -4.43. The van der Waals surface area contributed by atoms with Crippen LogP contribution in [0.25, 0.3) is 0 Å². The maximum Gasteiger partial charge on any atom is 0.417 e. The number of anilines is 1. The van der Waals surface area contributed by atoms with Gasteiger partial charge in [0.2, 0.25) is 17.7 Å². The normalized spacial score (nSPS) is 20.5. The van der Waals surface area contributed by atoms with Gasteiger partial charge in [-0.1, -0.05) is 0 Å². The van der Waals surface area contributed by atoms with Crippen LogP contribution >= 0.6 is 0 Å². The summed E-state index contributed by atoms with van der Waals surface area (Å²) in [6.07, 6.45) is -2.60. The number of rotatable bonds is 3. The molecule has 8 nitrogen and oxygen atoms in total. The Morgan fingerprint density at radius 1 is 1.10 bits per heavy atom. The quantitative estimate of drug-likeness (QED) is 0.760. The number of carbonyl (C=O) groups is 3. The van der Waals surface area contributed by atoms with Gasteiger partial charge in [0, 0.05) is 52.3 Å². The highest BCUT2D eigenvalue weighted by molar-refractivity contribution is 5.89. The van der Waals surface area contributed by atoms with Crippen LogP contribution in [0.5, 0.6) is 0 Å². The van der Waals surface area contributed by atoms with E-state index in [2.05, 4.69) is 10.3 Å². The molecule has 3 rings (SSSR count). The van der Waals surface area contributed by atoms with Crippen LogP contribution in [0.4, 0.5) is 19.0 Å². The summed E-state index contributed by atoms with van der Waals surface area (Å²) in [5, 5.41) is 2.56. The molecule has 0 spiro atoms. The van der Waals surface area contributed by atoms with Gasteiger partial charge in [-0.25, -0.2) is 4.98 Å². The minimum Gasteiger partial charge on any atom is -0.357 e. The van der Waals surface area contributed by atoms with Crippen molar-refractivity contribution in [2.45, 2.75) is 32.0 Å². The van der Waals surface area contributed by atoms with Crippen LogP contribution in [-0.2, 0) is 20.6 Å². The van der Waals surface area contributed by atoms with Crippen molar-refractivity contribution in [1.29, 1.82) is 0 Å². The van der Waals surface area contributed by atoms with Gasteiger partial charge >= 0.3 is 6.18 Å². The molecule has 2 fully saturated rings. The lowest BCUT2D eigenvalue weighted by Crippen LogP contribution is -2.62. The number of piperidine rings is 1. The lowest BCUT2D eigenvalue weighted by Gasteiger charge is -2.42. The SMILES string of the molecule is CNC(=O)C1CN(C(C)=O)CCN1C(=O)C1CCN(c2ccc(C(F)(F)F)cn2)CC1. The smallest absolute Gasteiger partial charge is 0.357 e. The fourth-order valence-electron chi connectivity index (χ4n) is 4.05. The molecule has 31 heavy (non-hydrogen) atoms. The number of hydrogen-bond donors (Lipinski definition) is 1. The maximum absolute atomic E-state index is 13.1. The molecule has 3 amide bonds. The number of carbonyl (C=O) groups excluding carboxylic acids is 3. The Morgan fingerprint density at radius 2 is 1.77 bits per heavy atom. The van der Waals surface area contributed by atoms with E-state index in [0.29, 0.717) is 38.3 Å². The number of amides is 3. The van der Waals surface area contributed by atoms with E-state index >= 15 is 0 Å². The molecular formula is C20H26F3N5O3. The van der Waals surface area contributed by atoms with Gasteiger partial charge in [-0.15, -0.1) is 0 Å². The van der Waals surface area contributed by atoms with E-state index < -0.39 is 17.8 Å². The van der Waals surface area contributed by atoms with Crippen LogP contribution in [0, 0.1) is 5.92 Å². The Bertz CT molecular complexity index is 822. The number of piperazine rings is 1. The van der Waals surface area contributed by atoms with E-state index in [1.807, 2.05) is 4.90 Å². The van der Waals surface area contributed by atoms with Crippen LogP contribution in [0.3, 0.4) is 0 Å². The molecule has 0 radical (unpaired) electrons. The Balaban J connectivity index is 1.62. The van der Waals surface area contributed by atoms with Gasteiger partial charge in [-0.3, -0.25) is 14.4 Å². The molecule has 3 heterocycles. The molecule has 2 aliphatic heterocycles. The highest BCUT2D eigenvalue weighted by Gasteiger charge is 2.39. The zero-order valence-corrected chi connectivity index (χ0v) is 17.5. The Morgan fingerprint density at radius 3 is 2.29 bits per heavy atom. The molecule has 1 atom stereocenters. The zero-order chi connectivity index (χ0) is 22.8. The Labute approximate surface area is 178 Å². The summed E-state index contributed by atoms with van der Waals surface area (Å²) in [5.74, 6) is -0.431. The van der Waals surface area contributed by atoms with Gasteiger partial charge in [-0.05, 0) is 25.0 Å². The van der Waals surface area contributed by atoms with Gasteiger partial charge in [-0.2, -0.15) is 13.2 Å². The predicted molar refractivity (Wildman–Crippen MR) is 106 cm³/mol. The molecular weight excluding hydrogens is 415 g/mol. The molecule has 11 heteroatoms. The molecule has 1 aromatic rings. The first-order valence-electron chi connectivity index (χ1n) is 10.2. The Hall–Kier alpha value is -2.85. The number of halogens is 3. The third-order valence-corrected chi connectivity index (χ3v) is 5.90. The number of nitrogens with one attached hydrogen (secondary N) is 1. The van der Waals surface area contributed by atoms with Crippen molar-refractivity contribution >= 4 is 23.5 Å². The fourth-order valence-corrected chi connectivity index (χ4v) is 4.05. The highest BCUT2D eigenvalue weighted by atomic mass is 19.4. The summed E-state index contributed by atoms with van der Waals surface area (Å²) in [6.45, 7) is 3.22. The van der Waals surface area contributed by atoms with Crippen molar-refractivity contribution < 1.29 is 27.6 Å². The third-order valence-electron chi connectivity index (χ3n) is 5.90. The van der Waals surface area contributed by atoms with E-state index in [4.69, 9.17) is 0 Å². The average Bonchev–Trinajstić information content (AvgIpc) is 2.77. The predicted octanol–water partition coefficient (Wildman–Crippen LogP) is 1.12. The summed E-state index contributed by atoms with van der Waals surface area (Å²) < 4.78 is 38.1. The molecule has 0 saturated carbocycles. The topological polar surface area (TPSA) is 85.8 Å². The molecule has 2 aliphatic rings. The van der Waals surface area contributed by atoms with E-state index in [9.17, 15) is 27.6 Å². The van der Waals surface area contributed by atoms with Crippen LogP contribution in [0.15, 0.2) is 18.3 Å². The molecule has 1 N–H and O–H groups in total. The van der Waals surface area contributed by atoms with Crippen molar-refractivity contribution in [2.24, 2.45) is 5.92 Å². The van der Waals surface area contributed by atoms with Crippen molar-refractivity contribution in [3.8, 4) is 0 Å². The number of alkyl halides is 3. The largest absolute Gasteiger partial charge is 0.417 e. The zero-order valence-electron chi connectivity index (χ0n) is 17.5. The van der Waals surface area contributed by atoms with Gasteiger partial charge in [0.05, 0.1) is 12.1 Å². The van der Waals surface area contributed by atoms with E-state index in [0.717, 1.165) is 12.3 Å². The molecule has 0 aromatic carbocycles. The van der Waals surface area contributed by atoms with E-state index in [-0.39, 0.29) is 36.7 Å². The maximum atomic E-state index is 13.1. The monoisotopic (exact) mass is 441 g/mol. The number of aromatic nitrogens is 1. The first kappa shape index (κ1) is 22.8. The Kier molecular flexibility index (Phi) is 6.71. The molecule has 0 bridgehead atoms. The standard InChI is InChI=1S/C20H26F3N5O3/c1-13(29)27-9-10-28(16(12-27)18(30)24-2)19(31)14-5-7-26(8-6-14)17-4-3-15(11-25-17)20(21,22)23/h3-4,11,14,16H,5-10,12H2,1-2H3,(H,24,30). The lowest BCUT2D eigenvalue weighted by molar-refractivity contribution is -0.150. The first-order chi connectivity index (χ1) is 14.6. The average molecular weight is 441 g/mol. The van der Waals surface area contributed by atoms with Gasteiger partial charge < -0.3 is 20.0 Å². The van der Waals surface area contributed by atoms with Crippen LogP contribution in [0.2, 0.25) is 0 Å². The van der Waals surface area contributed by atoms with Crippen molar-refractivity contribution in [3.05, 3.63) is 23.9 Å². The third kappa shape index (κ3) is 5.08. The second-order valence-electron chi connectivity index (χ2n) is 7.79. The molecule has 1 unspecified atom stereocenters. The minimum absolute atomic E-state index is 0.128. The van der Waals surface area contributed by atoms with Crippen molar-refractivity contribution in [3.63, 3.8) is 0 Å². The van der Waals surface area contributed by atoms with Gasteiger partial charge in [0.25, 0.3) is 0 Å². The molecule has 170 valence electrons. The van der Waals surface area contributed by atoms with Gasteiger partial charge in [0.15, 0.2) is 0 Å². The number of hydrogen-bond acceptors (Lipinski definition) is 5. The molecule has 0 aliphatic carbocycles. The van der Waals surface area contributed by atoms with E-state index in [1.165, 1.54) is 20.0 Å². The summed E-state index contributed by atoms with van der Waals surface area (Å²) in [4.78, 5) is 46.1. The second kappa shape index (κ2) is 9.11. The molecule has 2 saturated heterocycles. The molecule has 1 aromatic heterocycles. The summed E-state index contributed by atoms with van der Waals surface area (Å²) in [5.41, 5.74) is -0.800. The van der Waals surface area contributed by atoms with E-state index in [1.54, 1.807) is 9.80 Å². The van der Waals surface area contributed by atoms with Crippen molar-refractivity contribution in [2.75, 3.05) is 44.7 Å². The van der Waals surface area contributed by atoms with Gasteiger partial charge in [0.1, 0.15) is 11.9 Å². The van der Waals surface area contributed by atoms with Crippen LogP contribution < -0.4 is 10.2 Å². The van der Waals surface area contributed by atoms with Crippen molar-refractivity contribution in [1.82, 2.24) is 20.1 Å². The summed E-state index contributed by atoms with van der Waals surface area (Å²) in [6, 6.07) is 1.61. The fraction of sp³-hybridized carbons (Fsp3) is 0.600. The summed E-state index contributed by atoms with van der Waals surface area (Å²) >= 11 is 0. The number of nitrogens with zero attached hydrogens (tertiary/aromatic N) is 4. The second-order valence-corrected chi connectivity index (χ2v) is 7.79. The number of pyridine rings is 1.